The van der Waals surface area contributed by atoms with Gasteiger partial charge in [0, 0.05) is 13.0 Å². The second-order valence-electron chi connectivity index (χ2n) is 10.4. The van der Waals surface area contributed by atoms with E-state index in [2.05, 4.69) is 36.2 Å². The van der Waals surface area contributed by atoms with E-state index in [4.69, 9.17) is 16.3 Å². The fourth-order valence-corrected chi connectivity index (χ4v) is 5.21. The zero-order valence-corrected chi connectivity index (χ0v) is 21.5. The Bertz CT molecular complexity index is 922. The molecule has 3 rings (SSSR count). The fourth-order valence-electron chi connectivity index (χ4n) is 4.85. The van der Waals surface area contributed by atoms with Gasteiger partial charge in [0.15, 0.2) is 5.15 Å². The van der Waals surface area contributed by atoms with Crippen LogP contribution in [0.4, 0.5) is 0 Å². The van der Waals surface area contributed by atoms with Gasteiger partial charge in [0.2, 0.25) is 0 Å². The lowest BCUT2D eigenvalue weighted by Gasteiger charge is -2.27. The molecule has 0 spiro atoms. The van der Waals surface area contributed by atoms with Gasteiger partial charge in [-0.25, -0.2) is 4.98 Å². The average Bonchev–Trinajstić information content (AvgIpc) is 3.34. The Morgan fingerprint density at radius 3 is 2.42 bits per heavy atom. The van der Waals surface area contributed by atoms with Crippen LogP contribution in [0.3, 0.4) is 0 Å². The lowest BCUT2D eigenvalue weighted by Crippen LogP contribution is -2.30. The predicted molar refractivity (Wildman–Crippen MR) is 133 cm³/mol. The van der Waals surface area contributed by atoms with Crippen molar-refractivity contribution >= 4 is 17.6 Å². The molecule has 0 radical (unpaired) electrons. The Balaban J connectivity index is 1.86. The van der Waals surface area contributed by atoms with Gasteiger partial charge in [0.25, 0.3) is 0 Å². The van der Waals surface area contributed by atoms with E-state index >= 15 is 0 Å². The fraction of sp³-hybridized carbons (Fsp3) is 0.630. The van der Waals surface area contributed by atoms with Crippen molar-refractivity contribution in [2.45, 2.75) is 104 Å². The number of aliphatic hydroxyl groups is 1. The number of aryl methyl sites for hydroxylation is 1. The minimum atomic E-state index is -0.696. The summed E-state index contributed by atoms with van der Waals surface area (Å²) in [4.78, 5) is 17.6. The number of carbonyl (C=O) groups is 1. The van der Waals surface area contributed by atoms with Crippen molar-refractivity contribution in [3.05, 3.63) is 52.1 Å². The van der Waals surface area contributed by atoms with Crippen LogP contribution in [0.5, 0.6) is 0 Å². The van der Waals surface area contributed by atoms with Gasteiger partial charge in [-0.1, -0.05) is 62.1 Å². The maximum absolute atomic E-state index is 13.1. The number of hydrogen-bond acceptors (Lipinski definition) is 4. The molecule has 0 aliphatic heterocycles. The Labute approximate surface area is 203 Å². The van der Waals surface area contributed by atoms with Gasteiger partial charge >= 0.3 is 5.97 Å². The molecule has 2 unspecified atom stereocenters. The second kappa shape index (κ2) is 11.1. The SMILES string of the molecule is CCCCc1nc(Cl)c(C(C)O)n1Cc1ccc(C(C(=O)OC(C)(C)C)C2CCCC2)cc1. The number of aromatic nitrogens is 2. The lowest BCUT2D eigenvalue weighted by molar-refractivity contribution is -0.158. The monoisotopic (exact) mass is 474 g/mol. The first-order chi connectivity index (χ1) is 15.6. The van der Waals surface area contributed by atoms with Gasteiger partial charge in [0.05, 0.1) is 17.7 Å². The molecule has 1 heterocycles. The molecule has 0 bridgehead atoms. The molecule has 0 saturated heterocycles. The number of hydrogen-bond donors (Lipinski definition) is 1. The maximum Gasteiger partial charge on any atom is 0.314 e. The van der Waals surface area contributed by atoms with E-state index in [9.17, 15) is 9.90 Å². The van der Waals surface area contributed by atoms with Gasteiger partial charge in [-0.05, 0) is 64.0 Å². The first kappa shape index (κ1) is 25.8. The van der Waals surface area contributed by atoms with E-state index in [1.807, 2.05) is 25.3 Å². The summed E-state index contributed by atoms with van der Waals surface area (Å²) in [6, 6.07) is 8.28. The molecule has 1 N–H and O–H groups in total. The van der Waals surface area contributed by atoms with E-state index in [1.54, 1.807) is 6.92 Å². The number of esters is 1. The summed E-state index contributed by atoms with van der Waals surface area (Å²) in [7, 11) is 0. The molecule has 1 saturated carbocycles. The van der Waals surface area contributed by atoms with Crippen molar-refractivity contribution in [1.82, 2.24) is 9.55 Å². The number of carbonyl (C=O) groups excluding carboxylic acids is 1. The maximum atomic E-state index is 13.1. The predicted octanol–water partition coefficient (Wildman–Crippen LogP) is 6.60. The van der Waals surface area contributed by atoms with Crippen LogP contribution in [-0.4, -0.2) is 26.2 Å². The van der Waals surface area contributed by atoms with E-state index in [0.29, 0.717) is 23.3 Å². The highest BCUT2D eigenvalue weighted by Gasteiger charge is 2.35. The molecule has 1 aromatic heterocycles. The van der Waals surface area contributed by atoms with Gasteiger partial charge in [-0.3, -0.25) is 4.79 Å². The molecule has 1 aliphatic carbocycles. The summed E-state index contributed by atoms with van der Waals surface area (Å²) in [6.45, 7) is 10.2. The van der Waals surface area contributed by atoms with E-state index in [1.165, 1.54) is 12.8 Å². The zero-order valence-electron chi connectivity index (χ0n) is 20.7. The Kier molecular flexibility index (Phi) is 8.63. The number of nitrogens with zero attached hydrogens (tertiary/aromatic N) is 2. The van der Waals surface area contributed by atoms with Gasteiger partial charge in [-0.15, -0.1) is 0 Å². The van der Waals surface area contributed by atoms with Crippen molar-refractivity contribution in [2.75, 3.05) is 0 Å². The third kappa shape index (κ3) is 6.60. The third-order valence-electron chi connectivity index (χ3n) is 6.40. The van der Waals surface area contributed by atoms with E-state index in [-0.39, 0.29) is 11.9 Å². The molecule has 5 nitrogen and oxygen atoms in total. The third-order valence-corrected chi connectivity index (χ3v) is 6.68. The Morgan fingerprint density at radius 1 is 1.24 bits per heavy atom. The largest absolute Gasteiger partial charge is 0.459 e. The minimum absolute atomic E-state index is 0.123. The molecule has 1 aromatic carbocycles. The summed E-state index contributed by atoms with van der Waals surface area (Å²) in [5, 5.41) is 10.7. The summed E-state index contributed by atoms with van der Waals surface area (Å²) >= 11 is 6.37. The van der Waals surface area contributed by atoms with E-state index < -0.39 is 11.7 Å². The van der Waals surface area contributed by atoms with Gasteiger partial charge in [-0.2, -0.15) is 0 Å². The minimum Gasteiger partial charge on any atom is -0.459 e. The van der Waals surface area contributed by atoms with Crippen LogP contribution in [0.25, 0.3) is 0 Å². The van der Waals surface area contributed by atoms with Crippen molar-refractivity contribution in [1.29, 1.82) is 0 Å². The van der Waals surface area contributed by atoms with E-state index in [0.717, 1.165) is 49.1 Å². The number of unbranched alkanes of at least 4 members (excludes halogenated alkanes) is 1. The van der Waals surface area contributed by atoms with Crippen LogP contribution >= 0.6 is 11.6 Å². The highest BCUT2D eigenvalue weighted by atomic mass is 35.5. The molecule has 6 heteroatoms. The molecule has 2 aromatic rings. The van der Waals surface area contributed by atoms with Crippen LogP contribution in [0.2, 0.25) is 5.15 Å². The number of benzene rings is 1. The topological polar surface area (TPSA) is 64.4 Å². The first-order valence-electron chi connectivity index (χ1n) is 12.3. The summed E-state index contributed by atoms with van der Waals surface area (Å²) in [5.41, 5.74) is 2.26. The normalized spacial score (nSPS) is 16.7. The van der Waals surface area contributed by atoms with Crippen LogP contribution in [-0.2, 0) is 22.5 Å². The zero-order chi connectivity index (χ0) is 24.2. The van der Waals surface area contributed by atoms with Crippen LogP contribution in [0.1, 0.15) is 108 Å². The molecule has 0 amide bonds. The highest BCUT2D eigenvalue weighted by molar-refractivity contribution is 6.30. The lowest BCUT2D eigenvalue weighted by atomic mass is 9.84. The van der Waals surface area contributed by atoms with Crippen molar-refractivity contribution < 1.29 is 14.6 Å². The van der Waals surface area contributed by atoms with Crippen LogP contribution in [0.15, 0.2) is 24.3 Å². The molecular weight excluding hydrogens is 436 g/mol. The Morgan fingerprint density at radius 2 is 1.88 bits per heavy atom. The standard InChI is InChI=1S/C27H39ClN2O3/c1-6-7-12-22-29-25(28)24(18(2)31)30(22)17-19-13-15-21(16-14-19)23(20-10-8-9-11-20)26(32)33-27(3,4)5/h13-16,18,20,23,31H,6-12,17H2,1-5H3. The van der Waals surface area contributed by atoms with Crippen molar-refractivity contribution in [2.24, 2.45) is 5.92 Å². The van der Waals surface area contributed by atoms with Gasteiger partial charge < -0.3 is 14.4 Å². The second-order valence-corrected chi connectivity index (χ2v) is 10.7. The first-order valence-corrected chi connectivity index (χ1v) is 12.7. The summed E-state index contributed by atoms with van der Waals surface area (Å²) in [5.74, 6) is 0.887. The number of ether oxygens (including phenoxy) is 1. The number of imidazole rings is 1. The molecule has 182 valence electrons. The number of rotatable bonds is 9. The molecule has 33 heavy (non-hydrogen) atoms. The number of halogens is 1. The quantitative estimate of drug-likeness (QED) is 0.416. The van der Waals surface area contributed by atoms with Crippen molar-refractivity contribution in [3.8, 4) is 0 Å². The van der Waals surface area contributed by atoms with Crippen LogP contribution in [0, 0.1) is 5.92 Å². The smallest absolute Gasteiger partial charge is 0.314 e. The molecule has 2 atom stereocenters. The summed E-state index contributed by atoms with van der Waals surface area (Å²) < 4.78 is 7.84. The van der Waals surface area contributed by atoms with Gasteiger partial charge in [0.1, 0.15) is 11.4 Å². The molecule has 1 fully saturated rings. The highest BCUT2D eigenvalue weighted by Crippen LogP contribution is 2.39. The average molecular weight is 475 g/mol. The molecular formula is C27H39ClN2O3. The van der Waals surface area contributed by atoms with Crippen molar-refractivity contribution in [3.63, 3.8) is 0 Å². The molecule has 1 aliphatic rings. The number of aliphatic hydroxyl groups excluding tert-OH is 1. The van der Waals surface area contributed by atoms with Crippen LogP contribution < -0.4 is 0 Å². The Hall–Kier alpha value is -1.85. The summed E-state index contributed by atoms with van der Waals surface area (Å²) in [6.07, 6.45) is 6.69.